The molecule has 4 rings (SSSR count). The van der Waals surface area contributed by atoms with Gasteiger partial charge in [0.2, 0.25) is 5.91 Å². The van der Waals surface area contributed by atoms with Gasteiger partial charge in [0.1, 0.15) is 24.0 Å². The van der Waals surface area contributed by atoms with Crippen molar-refractivity contribution in [2.45, 2.75) is 44.9 Å². The van der Waals surface area contributed by atoms with Gasteiger partial charge in [-0.15, -0.1) is 0 Å². The van der Waals surface area contributed by atoms with Crippen LogP contribution in [0.5, 0.6) is 0 Å². The minimum Gasteiger partial charge on any atom is -0.445 e. The van der Waals surface area contributed by atoms with Gasteiger partial charge in [-0.05, 0) is 37.0 Å². The molecule has 35 heavy (non-hydrogen) atoms. The maximum Gasteiger partial charge on any atom is 0.408 e. The minimum absolute atomic E-state index is 0.0559. The van der Waals surface area contributed by atoms with Gasteiger partial charge in [-0.3, -0.25) is 4.79 Å². The number of piperidine rings is 1. The number of fused-ring (bicyclic) bond motifs is 1. The van der Waals surface area contributed by atoms with E-state index in [0.29, 0.717) is 11.3 Å². The fraction of sp³-hybridized carbons (Fsp3) is 0.346. The molecule has 2 amide bonds. The average molecular weight is 480 g/mol. The number of imidazole rings is 1. The molecular formula is C26H30FN5O3. The van der Waals surface area contributed by atoms with E-state index in [0.717, 1.165) is 37.2 Å². The number of H-pyrrole nitrogens is 1. The number of benzene rings is 2. The first-order chi connectivity index (χ1) is 17.0. The summed E-state index contributed by atoms with van der Waals surface area (Å²) in [5, 5.41) is 5.46. The molecule has 184 valence electrons. The molecule has 3 aromatic rings. The van der Waals surface area contributed by atoms with E-state index < -0.39 is 23.9 Å². The maximum atomic E-state index is 13.9. The summed E-state index contributed by atoms with van der Waals surface area (Å²) >= 11 is 0. The Balaban J connectivity index is 1.39. The largest absolute Gasteiger partial charge is 0.445 e. The van der Waals surface area contributed by atoms with E-state index in [1.165, 1.54) is 12.5 Å². The molecule has 9 heteroatoms. The number of likely N-dealkylation sites (tertiary alicyclic amines) is 1. The minimum atomic E-state index is -0.881. The van der Waals surface area contributed by atoms with E-state index in [1.807, 2.05) is 30.3 Å². The third-order valence-electron chi connectivity index (χ3n) is 6.01. The van der Waals surface area contributed by atoms with Gasteiger partial charge >= 0.3 is 6.09 Å². The quantitative estimate of drug-likeness (QED) is 0.431. The number of halogens is 1. The molecule has 2 heterocycles. The number of hydrogen-bond acceptors (Lipinski definition) is 5. The molecule has 0 spiro atoms. The summed E-state index contributed by atoms with van der Waals surface area (Å²) in [4.78, 5) is 34.9. The number of nitrogens with one attached hydrogen (secondary N) is 3. The van der Waals surface area contributed by atoms with E-state index in [1.54, 1.807) is 12.1 Å². The third kappa shape index (κ3) is 6.59. The molecule has 8 nitrogen and oxygen atoms in total. The molecule has 0 unspecified atom stereocenters. The third-order valence-corrected chi connectivity index (χ3v) is 6.01. The number of nitrogens with zero attached hydrogens (tertiary/aromatic N) is 2. The zero-order valence-corrected chi connectivity index (χ0v) is 19.6. The van der Waals surface area contributed by atoms with Gasteiger partial charge in [0.25, 0.3) is 0 Å². The highest BCUT2D eigenvalue weighted by atomic mass is 19.1. The van der Waals surface area contributed by atoms with Crippen molar-refractivity contribution < 1.29 is 18.7 Å². The Hall–Kier alpha value is -3.88. The molecule has 1 aromatic heterocycles. The summed E-state index contributed by atoms with van der Waals surface area (Å²) in [7, 11) is 0. The number of rotatable bonds is 9. The number of aromatic amines is 1. The Bertz CT molecular complexity index is 1170. The first-order valence-electron chi connectivity index (χ1n) is 11.8. The van der Waals surface area contributed by atoms with Gasteiger partial charge in [0.05, 0.1) is 12.1 Å². The number of aromatic nitrogens is 2. The molecular weight excluding hydrogens is 449 g/mol. The predicted octanol–water partition coefficient (Wildman–Crippen LogP) is 4.00. The van der Waals surface area contributed by atoms with Crippen LogP contribution in [-0.2, 0) is 22.7 Å². The van der Waals surface area contributed by atoms with Gasteiger partial charge in [-0.1, -0.05) is 43.0 Å². The van der Waals surface area contributed by atoms with E-state index in [4.69, 9.17) is 4.74 Å². The standard InChI is InChI=1S/C26H30FN5O3/c1-18(32-13-6-3-7-14-32)15-22(30-26(34)35-17-19-9-4-2-5-10-19)25(33)28-16-23-29-21-12-8-11-20(27)24(21)31-23/h2,4-5,8-12,22H,1,3,6-7,13-17H2,(H,28,33)(H,29,31)(H,30,34)/t22-/m0/s1. The number of hydrogen-bond donors (Lipinski definition) is 3. The van der Waals surface area contributed by atoms with Crippen molar-refractivity contribution in [1.82, 2.24) is 25.5 Å². The summed E-state index contributed by atoms with van der Waals surface area (Å²) in [6, 6.07) is 13.1. The van der Waals surface area contributed by atoms with Gasteiger partial charge in [-0.25, -0.2) is 14.2 Å². The van der Waals surface area contributed by atoms with Crippen LogP contribution in [0.3, 0.4) is 0 Å². The lowest BCUT2D eigenvalue weighted by atomic mass is 10.1. The van der Waals surface area contributed by atoms with E-state index >= 15 is 0 Å². The first-order valence-corrected chi connectivity index (χ1v) is 11.8. The van der Waals surface area contributed by atoms with Crippen molar-refractivity contribution in [3.63, 3.8) is 0 Å². The molecule has 1 saturated heterocycles. The van der Waals surface area contributed by atoms with E-state index in [2.05, 4.69) is 32.1 Å². The molecule has 0 aliphatic carbocycles. The molecule has 1 atom stereocenters. The Morgan fingerprint density at radius 1 is 1.11 bits per heavy atom. The van der Waals surface area contributed by atoms with E-state index in [9.17, 15) is 14.0 Å². The highest BCUT2D eigenvalue weighted by Gasteiger charge is 2.25. The Morgan fingerprint density at radius 2 is 1.89 bits per heavy atom. The van der Waals surface area contributed by atoms with Crippen LogP contribution >= 0.6 is 0 Å². The van der Waals surface area contributed by atoms with Gasteiger partial charge in [0.15, 0.2) is 5.82 Å². The highest BCUT2D eigenvalue weighted by molar-refractivity contribution is 5.86. The fourth-order valence-electron chi connectivity index (χ4n) is 4.12. The molecule has 1 fully saturated rings. The van der Waals surface area contributed by atoms with Crippen molar-refractivity contribution in [3.8, 4) is 0 Å². The number of carbonyl (C=O) groups excluding carboxylic acids is 2. The lowest BCUT2D eigenvalue weighted by molar-refractivity contribution is -0.123. The smallest absolute Gasteiger partial charge is 0.408 e. The van der Waals surface area contributed by atoms with Gasteiger partial charge in [0, 0.05) is 25.2 Å². The molecule has 2 aromatic carbocycles. The Labute approximate surface area is 203 Å². The van der Waals surface area contributed by atoms with Gasteiger partial charge in [-0.2, -0.15) is 0 Å². The summed E-state index contributed by atoms with van der Waals surface area (Å²) in [5.74, 6) is -0.422. The highest BCUT2D eigenvalue weighted by Crippen LogP contribution is 2.18. The van der Waals surface area contributed by atoms with E-state index in [-0.39, 0.29) is 25.1 Å². The van der Waals surface area contributed by atoms with Crippen molar-refractivity contribution in [2.75, 3.05) is 13.1 Å². The summed E-state index contributed by atoms with van der Waals surface area (Å²) in [6.07, 6.45) is 2.89. The van der Waals surface area contributed by atoms with Crippen molar-refractivity contribution in [3.05, 3.63) is 78.0 Å². The zero-order valence-electron chi connectivity index (χ0n) is 19.6. The number of para-hydroxylation sites is 1. The van der Waals surface area contributed by atoms with Gasteiger partial charge < -0.3 is 25.3 Å². The molecule has 3 N–H and O–H groups in total. The summed E-state index contributed by atoms with van der Waals surface area (Å²) in [6.45, 7) is 6.07. The number of ether oxygens (including phenoxy) is 1. The summed E-state index contributed by atoms with van der Waals surface area (Å²) < 4.78 is 19.3. The number of amides is 2. The van der Waals surface area contributed by atoms with Crippen LogP contribution in [0.2, 0.25) is 0 Å². The average Bonchev–Trinajstić information content (AvgIpc) is 3.31. The van der Waals surface area contributed by atoms with Crippen LogP contribution in [0.4, 0.5) is 9.18 Å². The van der Waals surface area contributed by atoms with Crippen LogP contribution in [-0.4, -0.2) is 46.0 Å². The molecule has 0 radical (unpaired) electrons. The second-order valence-electron chi connectivity index (χ2n) is 8.61. The van der Waals surface area contributed by atoms with Crippen molar-refractivity contribution in [1.29, 1.82) is 0 Å². The fourth-order valence-corrected chi connectivity index (χ4v) is 4.12. The van der Waals surface area contributed by atoms with Crippen molar-refractivity contribution in [2.24, 2.45) is 0 Å². The maximum absolute atomic E-state index is 13.9. The van der Waals surface area contributed by atoms with Crippen molar-refractivity contribution >= 4 is 23.0 Å². The molecule has 1 aliphatic rings. The normalized spacial score (nSPS) is 14.4. The predicted molar refractivity (Wildman–Crippen MR) is 131 cm³/mol. The second kappa shape index (κ2) is 11.5. The molecule has 1 aliphatic heterocycles. The first kappa shape index (κ1) is 24.3. The van der Waals surface area contributed by atoms with Crippen LogP contribution in [0.1, 0.15) is 37.1 Å². The zero-order chi connectivity index (χ0) is 24.6. The SMILES string of the molecule is C=C(C[C@H](NC(=O)OCc1ccccc1)C(=O)NCc1nc2c(F)cccc2[nH]1)N1CCCCC1. The lowest BCUT2D eigenvalue weighted by Crippen LogP contribution is -2.48. The monoisotopic (exact) mass is 479 g/mol. The second-order valence-corrected chi connectivity index (χ2v) is 8.61. The lowest BCUT2D eigenvalue weighted by Gasteiger charge is -2.32. The number of carbonyl (C=O) groups is 2. The molecule has 0 bridgehead atoms. The Morgan fingerprint density at radius 3 is 2.63 bits per heavy atom. The molecule has 0 saturated carbocycles. The van der Waals surface area contributed by atoms with Crippen LogP contribution < -0.4 is 10.6 Å². The van der Waals surface area contributed by atoms with Crippen LogP contribution in [0.25, 0.3) is 11.0 Å². The summed E-state index contributed by atoms with van der Waals surface area (Å²) in [5.41, 5.74) is 2.40. The topological polar surface area (TPSA) is 99.3 Å². The van der Waals surface area contributed by atoms with Crippen LogP contribution in [0.15, 0.2) is 60.8 Å². The van der Waals surface area contributed by atoms with Crippen LogP contribution in [0, 0.1) is 5.82 Å². The Kier molecular flexibility index (Phi) is 7.97. The number of alkyl carbamates (subject to hydrolysis) is 1.